The summed E-state index contributed by atoms with van der Waals surface area (Å²) in [6, 6.07) is 8.59. The van der Waals surface area contributed by atoms with Crippen LogP contribution < -0.4 is 10.1 Å². The molecule has 1 fully saturated rings. The van der Waals surface area contributed by atoms with Gasteiger partial charge in [-0.3, -0.25) is 4.79 Å². The fraction of sp³-hybridized carbons (Fsp3) is 0.296. The van der Waals surface area contributed by atoms with Crippen LogP contribution >= 0.6 is 0 Å². The van der Waals surface area contributed by atoms with Gasteiger partial charge in [0.15, 0.2) is 5.75 Å². The first kappa shape index (κ1) is 22.8. The number of halogens is 1. The molecule has 2 aliphatic rings. The lowest BCUT2D eigenvalue weighted by molar-refractivity contribution is 0.102. The number of benzene rings is 2. The number of carbonyl (C=O) groups excluding carboxylic acids is 1. The van der Waals surface area contributed by atoms with Gasteiger partial charge in [0.1, 0.15) is 12.4 Å². The van der Waals surface area contributed by atoms with E-state index in [9.17, 15) is 9.18 Å². The van der Waals surface area contributed by atoms with Gasteiger partial charge >= 0.3 is 0 Å². The molecular weight excluding hydrogens is 445 g/mol. The van der Waals surface area contributed by atoms with Crippen molar-refractivity contribution in [2.45, 2.75) is 46.1 Å². The summed E-state index contributed by atoms with van der Waals surface area (Å²) in [6.45, 7) is 4.30. The van der Waals surface area contributed by atoms with Crippen LogP contribution in [0.4, 0.5) is 10.1 Å². The van der Waals surface area contributed by atoms with Gasteiger partial charge in [-0.25, -0.2) is 14.4 Å². The molecule has 1 saturated carbocycles. The van der Waals surface area contributed by atoms with Crippen molar-refractivity contribution >= 4 is 11.6 Å². The van der Waals surface area contributed by atoms with E-state index in [4.69, 9.17) is 4.74 Å². The molecule has 0 saturated heterocycles. The second kappa shape index (κ2) is 8.69. The molecule has 0 bridgehead atoms. The normalized spacial score (nSPS) is 16.4. The van der Waals surface area contributed by atoms with Gasteiger partial charge in [0.2, 0.25) is 0 Å². The molecule has 2 aromatic carbocycles. The van der Waals surface area contributed by atoms with Crippen molar-refractivity contribution in [2.24, 2.45) is 0 Å². The summed E-state index contributed by atoms with van der Waals surface area (Å²) in [4.78, 5) is 22.0. The zero-order chi connectivity index (χ0) is 23.4. The number of rotatable bonds is 4. The van der Waals surface area contributed by atoms with E-state index in [0.717, 1.165) is 41.0 Å². The number of imidazole rings is 2. The van der Waals surface area contributed by atoms with Gasteiger partial charge in [-0.15, -0.1) is 0 Å². The molecule has 4 aromatic rings. The topological polar surface area (TPSA) is 74.0 Å². The second-order valence-corrected chi connectivity index (χ2v) is 9.08. The smallest absolute Gasteiger partial charge is 0.258 e. The molecule has 1 N–H and O–H groups in total. The summed E-state index contributed by atoms with van der Waals surface area (Å²) in [5.41, 5.74) is 4.69. The molecule has 7 nitrogen and oxygen atoms in total. The SMILES string of the molecule is C.Cc1cc(F)c(C(=O)Nc2cccc3c2OC[C@@H](C)n2cncc2-3)cc1-n1cnc(C2CC2)c1. The average molecular weight is 474 g/mol. The molecule has 1 atom stereocenters. The predicted molar refractivity (Wildman–Crippen MR) is 133 cm³/mol. The van der Waals surface area contributed by atoms with E-state index in [-0.39, 0.29) is 19.0 Å². The molecule has 2 aromatic heterocycles. The van der Waals surface area contributed by atoms with E-state index in [1.54, 1.807) is 31.0 Å². The summed E-state index contributed by atoms with van der Waals surface area (Å²) in [7, 11) is 0. The van der Waals surface area contributed by atoms with Crippen molar-refractivity contribution in [3.63, 3.8) is 0 Å². The highest BCUT2D eigenvalue weighted by atomic mass is 19.1. The van der Waals surface area contributed by atoms with Crippen LogP contribution in [0.5, 0.6) is 5.75 Å². The number of ether oxygens (including phenoxy) is 1. The van der Waals surface area contributed by atoms with E-state index in [2.05, 4.69) is 15.3 Å². The van der Waals surface area contributed by atoms with Crippen LogP contribution in [-0.4, -0.2) is 31.6 Å². The number of nitrogens with one attached hydrogen (secondary N) is 1. The Bertz CT molecular complexity index is 1420. The highest BCUT2D eigenvalue weighted by molar-refractivity contribution is 6.06. The van der Waals surface area contributed by atoms with Crippen LogP contribution in [0.3, 0.4) is 0 Å². The first-order valence-corrected chi connectivity index (χ1v) is 11.4. The number of carbonyl (C=O) groups is 1. The number of amides is 1. The van der Waals surface area contributed by atoms with Crippen LogP contribution in [0.25, 0.3) is 16.9 Å². The molecule has 6 rings (SSSR count). The van der Waals surface area contributed by atoms with Crippen molar-refractivity contribution in [2.75, 3.05) is 11.9 Å². The third-order valence-electron chi connectivity index (χ3n) is 6.56. The quantitative estimate of drug-likeness (QED) is 0.400. The number of para-hydroxylation sites is 1. The lowest BCUT2D eigenvalue weighted by atomic mass is 10.1. The van der Waals surface area contributed by atoms with Gasteiger partial charge in [-0.1, -0.05) is 13.5 Å². The number of nitrogens with zero attached hydrogens (tertiary/aromatic N) is 4. The maximum atomic E-state index is 14.9. The molecule has 35 heavy (non-hydrogen) atoms. The van der Waals surface area contributed by atoms with Gasteiger partial charge in [-0.05, 0) is 56.5 Å². The Balaban J connectivity index is 0.00000253. The first-order valence-electron chi connectivity index (χ1n) is 11.4. The Hall–Kier alpha value is -3.94. The van der Waals surface area contributed by atoms with Crippen LogP contribution in [0.1, 0.15) is 60.8 Å². The van der Waals surface area contributed by atoms with Gasteiger partial charge in [0, 0.05) is 17.7 Å². The van der Waals surface area contributed by atoms with E-state index in [1.807, 2.05) is 41.3 Å². The van der Waals surface area contributed by atoms with Crippen molar-refractivity contribution in [3.05, 3.63) is 78.0 Å². The molecule has 1 aliphatic carbocycles. The molecule has 180 valence electrons. The molecule has 3 heterocycles. The number of anilines is 1. The molecule has 0 spiro atoms. The molecule has 0 radical (unpaired) electrons. The highest BCUT2D eigenvalue weighted by Gasteiger charge is 2.27. The van der Waals surface area contributed by atoms with Crippen molar-refractivity contribution < 1.29 is 13.9 Å². The van der Waals surface area contributed by atoms with Crippen LogP contribution in [0.2, 0.25) is 0 Å². The summed E-state index contributed by atoms with van der Waals surface area (Å²) in [5.74, 6) is -0.0458. The second-order valence-electron chi connectivity index (χ2n) is 9.08. The third-order valence-corrected chi connectivity index (χ3v) is 6.56. The van der Waals surface area contributed by atoms with E-state index in [0.29, 0.717) is 24.0 Å². The maximum absolute atomic E-state index is 14.9. The van der Waals surface area contributed by atoms with Crippen LogP contribution in [0.15, 0.2) is 55.4 Å². The Morgan fingerprint density at radius 3 is 2.86 bits per heavy atom. The van der Waals surface area contributed by atoms with Gasteiger partial charge in [0.25, 0.3) is 5.91 Å². The summed E-state index contributed by atoms with van der Waals surface area (Å²) in [5, 5.41) is 2.87. The Morgan fingerprint density at radius 1 is 1.23 bits per heavy atom. The number of aryl methyl sites for hydroxylation is 1. The zero-order valence-corrected chi connectivity index (χ0v) is 19.0. The number of hydrogen-bond acceptors (Lipinski definition) is 4. The van der Waals surface area contributed by atoms with Gasteiger partial charge in [-0.2, -0.15) is 0 Å². The van der Waals surface area contributed by atoms with Crippen molar-refractivity contribution in [1.82, 2.24) is 19.1 Å². The zero-order valence-electron chi connectivity index (χ0n) is 19.0. The lowest BCUT2D eigenvalue weighted by Gasteiger charge is -2.15. The molecule has 0 unspecified atom stereocenters. The first-order chi connectivity index (χ1) is 16.5. The number of aromatic nitrogens is 4. The van der Waals surface area contributed by atoms with E-state index >= 15 is 0 Å². The standard InChI is InChI=1S/C26H24FN5O2.CH4/c1-15-8-20(27)19(9-23(15)31-11-22(29-14-31)17-6-7-17)26(33)30-21-5-3-4-18-24-10-28-13-32(24)16(2)12-34-25(18)21;/h3-5,8-11,13-14,16-17H,6-7,12H2,1-2H3,(H,30,33);1H4/t16-;/m1./s1. The minimum absolute atomic E-state index is 0. The molecule has 1 amide bonds. The molecular formula is C27H28FN5O2. The van der Waals surface area contributed by atoms with E-state index < -0.39 is 11.7 Å². The Kier molecular flexibility index (Phi) is 5.67. The monoisotopic (exact) mass is 473 g/mol. The number of hydrogen-bond donors (Lipinski definition) is 1. The minimum Gasteiger partial charge on any atom is -0.489 e. The Labute approximate surface area is 203 Å². The largest absolute Gasteiger partial charge is 0.489 e. The molecule has 8 heteroatoms. The van der Waals surface area contributed by atoms with Crippen molar-refractivity contribution in [3.8, 4) is 22.7 Å². The summed E-state index contributed by atoms with van der Waals surface area (Å²) < 4.78 is 24.9. The van der Waals surface area contributed by atoms with Gasteiger partial charge in [0.05, 0.1) is 53.2 Å². The predicted octanol–water partition coefficient (Wildman–Crippen LogP) is 5.90. The lowest BCUT2D eigenvalue weighted by Crippen LogP contribution is -2.16. The van der Waals surface area contributed by atoms with E-state index in [1.165, 1.54) is 6.07 Å². The van der Waals surface area contributed by atoms with Crippen LogP contribution in [0, 0.1) is 12.7 Å². The fourth-order valence-corrected chi connectivity index (χ4v) is 4.50. The van der Waals surface area contributed by atoms with Crippen LogP contribution in [-0.2, 0) is 0 Å². The third kappa shape index (κ3) is 3.99. The summed E-state index contributed by atoms with van der Waals surface area (Å²) >= 11 is 0. The number of fused-ring (bicyclic) bond motifs is 3. The summed E-state index contributed by atoms with van der Waals surface area (Å²) in [6.07, 6.45) is 9.55. The maximum Gasteiger partial charge on any atom is 0.258 e. The Morgan fingerprint density at radius 2 is 2.06 bits per heavy atom. The van der Waals surface area contributed by atoms with Crippen molar-refractivity contribution in [1.29, 1.82) is 0 Å². The van der Waals surface area contributed by atoms with Gasteiger partial charge < -0.3 is 19.2 Å². The fourth-order valence-electron chi connectivity index (χ4n) is 4.50. The minimum atomic E-state index is -0.573. The molecule has 1 aliphatic heterocycles. The highest BCUT2D eigenvalue weighted by Crippen LogP contribution is 2.41. The average Bonchev–Trinajstić information content (AvgIpc) is 3.38.